The maximum atomic E-state index is 2.51. The summed E-state index contributed by atoms with van der Waals surface area (Å²) in [7, 11) is 0. The molecule has 3 heteroatoms. The number of benzene rings is 6. The Bertz CT molecular complexity index is 2050. The van der Waals surface area contributed by atoms with E-state index in [2.05, 4.69) is 127 Å². The minimum atomic E-state index is 0.477. The molecule has 6 aromatic carbocycles. The second-order valence-electron chi connectivity index (χ2n) is 10.4. The smallest absolute Gasteiger partial charge is 0.0648 e. The Labute approximate surface area is 229 Å². The molecule has 0 unspecified atom stereocenters. The van der Waals surface area contributed by atoms with Crippen LogP contribution in [0.1, 0.15) is 25.3 Å². The zero-order valence-corrected chi connectivity index (χ0v) is 22.9. The molecular weight excluding hydrogens is 499 g/mol. The maximum absolute atomic E-state index is 2.51. The average molecular weight is 524 g/mol. The molecule has 0 saturated carbocycles. The highest BCUT2D eigenvalue weighted by atomic mass is 32.1. The molecular formula is C35H25NS2. The summed E-state index contributed by atoms with van der Waals surface area (Å²) in [6.07, 6.45) is 0. The summed E-state index contributed by atoms with van der Waals surface area (Å²) in [6, 6.07) is 36.1. The maximum Gasteiger partial charge on any atom is 0.0648 e. The molecule has 38 heavy (non-hydrogen) atoms. The topological polar surface area (TPSA) is 3.24 Å². The highest BCUT2D eigenvalue weighted by Gasteiger charge is 2.23. The molecule has 0 fully saturated rings. The fraction of sp³-hybridized carbons (Fsp3) is 0.0857. The summed E-state index contributed by atoms with van der Waals surface area (Å²) in [5, 5.41) is 15.3. The van der Waals surface area contributed by atoms with Crippen molar-refractivity contribution < 1.29 is 0 Å². The molecule has 8 aromatic rings. The fourth-order valence-electron chi connectivity index (χ4n) is 6.17. The monoisotopic (exact) mass is 523 g/mol. The fourth-order valence-corrected chi connectivity index (χ4v) is 8.03. The lowest BCUT2D eigenvalue weighted by atomic mass is 9.88. The van der Waals surface area contributed by atoms with Crippen molar-refractivity contribution in [3.05, 3.63) is 113 Å². The largest absolute Gasteiger partial charge is 0.307 e. The molecule has 0 radical (unpaired) electrons. The summed E-state index contributed by atoms with van der Waals surface area (Å²) in [5.41, 5.74) is 5.13. The van der Waals surface area contributed by atoms with Gasteiger partial charge in [-0.2, -0.15) is 0 Å². The summed E-state index contributed by atoms with van der Waals surface area (Å²) >= 11 is 3.64. The lowest BCUT2D eigenvalue weighted by molar-refractivity contribution is 0.877. The first-order valence-corrected chi connectivity index (χ1v) is 14.9. The average Bonchev–Trinajstić information content (AvgIpc) is 3.57. The molecule has 8 rings (SSSR count). The summed E-state index contributed by atoms with van der Waals surface area (Å²) in [6.45, 7) is 4.59. The molecule has 1 nitrogen and oxygen atoms in total. The molecule has 182 valence electrons. The van der Waals surface area contributed by atoms with Gasteiger partial charge >= 0.3 is 0 Å². The first-order chi connectivity index (χ1) is 18.7. The van der Waals surface area contributed by atoms with Crippen LogP contribution >= 0.6 is 22.7 Å². The van der Waals surface area contributed by atoms with E-state index in [0.29, 0.717) is 5.92 Å². The van der Waals surface area contributed by atoms with Crippen LogP contribution in [0.25, 0.3) is 52.5 Å². The van der Waals surface area contributed by atoms with Crippen LogP contribution in [-0.2, 0) is 0 Å². The molecule has 0 spiro atoms. The zero-order chi connectivity index (χ0) is 25.4. The van der Waals surface area contributed by atoms with Crippen molar-refractivity contribution >= 4 is 92.2 Å². The van der Waals surface area contributed by atoms with Crippen molar-refractivity contribution in [3.63, 3.8) is 0 Å². The van der Waals surface area contributed by atoms with Crippen LogP contribution in [0.4, 0.5) is 17.1 Å². The predicted octanol–water partition coefficient (Wildman–Crippen LogP) is 11.6. The van der Waals surface area contributed by atoms with E-state index in [4.69, 9.17) is 0 Å². The van der Waals surface area contributed by atoms with Gasteiger partial charge in [-0.25, -0.2) is 0 Å². The van der Waals surface area contributed by atoms with Crippen LogP contribution in [0.2, 0.25) is 0 Å². The first-order valence-electron chi connectivity index (χ1n) is 13.1. The van der Waals surface area contributed by atoms with Gasteiger partial charge in [-0.3, -0.25) is 0 Å². The highest BCUT2D eigenvalue weighted by molar-refractivity contribution is 7.18. The van der Waals surface area contributed by atoms with Crippen LogP contribution < -0.4 is 4.90 Å². The number of rotatable bonds is 4. The van der Waals surface area contributed by atoms with Crippen LogP contribution in [0.15, 0.2) is 108 Å². The second-order valence-corrected chi connectivity index (χ2v) is 12.2. The van der Waals surface area contributed by atoms with E-state index >= 15 is 0 Å². The number of fused-ring (bicyclic) bond motifs is 2. The standard InChI is InChI=1S/C35H25NS2/c1-21(2)24-15-11-22-13-17-28-29(18-14-23-12-16-25(24)34(22)35(23)28)36(30-19-37-32-9-5-3-7-26(30)32)31-20-38-33-10-6-4-8-27(31)33/h3-21H,1-2H3. The van der Waals surface area contributed by atoms with Gasteiger partial charge in [0, 0.05) is 36.3 Å². The van der Waals surface area contributed by atoms with Gasteiger partial charge in [-0.05, 0) is 56.6 Å². The van der Waals surface area contributed by atoms with E-state index in [-0.39, 0.29) is 0 Å². The van der Waals surface area contributed by atoms with Gasteiger partial charge in [-0.1, -0.05) is 92.7 Å². The van der Waals surface area contributed by atoms with Crippen molar-refractivity contribution in [3.8, 4) is 0 Å². The van der Waals surface area contributed by atoms with Gasteiger partial charge < -0.3 is 4.90 Å². The van der Waals surface area contributed by atoms with E-state index < -0.39 is 0 Å². The highest BCUT2D eigenvalue weighted by Crippen LogP contribution is 2.49. The molecule has 0 aliphatic carbocycles. The van der Waals surface area contributed by atoms with E-state index in [1.54, 1.807) is 0 Å². The van der Waals surface area contributed by atoms with Gasteiger partial charge in [0.15, 0.2) is 0 Å². The molecule has 0 bridgehead atoms. The van der Waals surface area contributed by atoms with E-state index in [1.165, 1.54) is 75.1 Å². The van der Waals surface area contributed by atoms with Crippen LogP contribution in [0.3, 0.4) is 0 Å². The molecule has 0 aliphatic heterocycles. The number of hydrogen-bond acceptors (Lipinski definition) is 3. The van der Waals surface area contributed by atoms with Crippen LogP contribution in [0.5, 0.6) is 0 Å². The number of thiophene rings is 2. The third kappa shape index (κ3) is 3.09. The minimum absolute atomic E-state index is 0.477. The molecule has 0 N–H and O–H groups in total. The van der Waals surface area contributed by atoms with Gasteiger partial charge in [-0.15, -0.1) is 22.7 Å². The van der Waals surface area contributed by atoms with E-state index in [9.17, 15) is 0 Å². The van der Waals surface area contributed by atoms with Gasteiger partial charge in [0.2, 0.25) is 0 Å². The molecule has 0 saturated heterocycles. The lowest BCUT2D eigenvalue weighted by Gasteiger charge is -2.27. The lowest BCUT2D eigenvalue weighted by Crippen LogP contribution is -2.09. The van der Waals surface area contributed by atoms with Gasteiger partial charge in [0.1, 0.15) is 0 Å². The molecule has 0 atom stereocenters. The summed E-state index contributed by atoms with van der Waals surface area (Å²) in [5.74, 6) is 0.477. The van der Waals surface area contributed by atoms with Gasteiger partial charge in [0.25, 0.3) is 0 Å². The third-order valence-corrected chi connectivity index (χ3v) is 9.84. The molecule has 0 amide bonds. The van der Waals surface area contributed by atoms with Crippen molar-refractivity contribution in [2.45, 2.75) is 19.8 Å². The predicted molar refractivity (Wildman–Crippen MR) is 170 cm³/mol. The van der Waals surface area contributed by atoms with E-state index in [1.807, 2.05) is 22.7 Å². The molecule has 0 aliphatic rings. The Balaban J connectivity index is 1.50. The Kier molecular flexibility index (Phi) is 4.82. The zero-order valence-electron chi connectivity index (χ0n) is 21.2. The Hall–Kier alpha value is -3.92. The van der Waals surface area contributed by atoms with Crippen molar-refractivity contribution in [2.24, 2.45) is 0 Å². The Morgan fingerprint density at radius 2 is 1.03 bits per heavy atom. The number of anilines is 3. The number of hydrogen-bond donors (Lipinski definition) is 0. The normalized spacial score (nSPS) is 12.2. The van der Waals surface area contributed by atoms with Crippen LogP contribution in [-0.4, -0.2) is 0 Å². The first kappa shape index (κ1) is 22.1. The minimum Gasteiger partial charge on any atom is -0.307 e. The SMILES string of the molecule is CC(C)c1ccc2ccc3c(N(c4csc5ccccc45)c4csc5ccccc45)ccc4ccc1c2c43. The van der Waals surface area contributed by atoms with Gasteiger partial charge in [0.05, 0.1) is 17.1 Å². The Morgan fingerprint density at radius 3 is 1.66 bits per heavy atom. The summed E-state index contributed by atoms with van der Waals surface area (Å²) in [4.78, 5) is 2.51. The molecule has 2 aromatic heterocycles. The molecule has 2 heterocycles. The van der Waals surface area contributed by atoms with Crippen molar-refractivity contribution in [1.29, 1.82) is 0 Å². The van der Waals surface area contributed by atoms with Crippen molar-refractivity contribution in [1.82, 2.24) is 0 Å². The second kappa shape index (κ2) is 8.29. The van der Waals surface area contributed by atoms with Crippen molar-refractivity contribution in [2.75, 3.05) is 4.90 Å². The van der Waals surface area contributed by atoms with Crippen LogP contribution in [0, 0.1) is 0 Å². The third-order valence-electron chi connectivity index (χ3n) is 7.94. The Morgan fingerprint density at radius 1 is 0.500 bits per heavy atom. The van der Waals surface area contributed by atoms with E-state index in [0.717, 1.165) is 0 Å². The summed E-state index contributed by atoms with van der Waals surface area (Å²) < 4.78 is 2.62. The number of nitrogens with zero attached hydrogens (tertiary/aromatic N) is 1. The quantitative estimate of drug-likeness (QED) is 0.207.